The molecule has 1 aliphatic heterocycles. The van der Waals surface area contributed by atoms with Crippen molar-refractivity contribution >= 4 is 50.7 Å². The zero-order valence-electron chi connectivity index (χ0n) is 20.3. The van der Waals surface area contributed by atoms with E-state index in [0.29, 0.717) is 38.6 Å². The lowest BCUT2D eigenvalue weighted by atomic mass is 10.0. The van der Waals surface area contributed by atoms with Crippen molar-refractivity contribution in [2.45, 2.75) is 38.0 Å². The molecule has 0 unspecified atom stereocenters. The van der Waals surface area contributed by atoms with Crippen molar-refractivity contribution in [3.8, 4) is 11.4 Å². The highest BCUT2D eigenvalue weighted by molar-refractivity contribution is 7.99. The number of hydrogen-bond donors (Lipinski definition) is 0. The molecule has 2 aromatic carbocycles. The van der Waals surface area contributed by atoms with Crippen molar-refractivity contribution in [3.05, 3.63) is 79.9 Å². The van der Waals surface area contributed by atoms with Crippen LogP contribution in [0.25, 0.3) is 15.9 Å². The summed E-state index contributed by atoms with van der Waals surface area (Å²) in [6.45, 7) is 6.14. The van der Waals surface area contributed by atoms with Crippen LogP contribution < -0.4 is 10.3 Å². The Hall–Kier alpha value is -2.65. The Morgan fingerprint density at radius 1 is 1.17 bits per heavy atom. The van der Waals surface area contributed by atoms with Crippen LogP contribution in [0.5, 0.6) is 5.75 Å². The predicted molar refractivity (Wildman–Crippen MR) is 148 cm³/mol. The van der Waals surface area contributed by atoms with Crippen LogP contribution in [0.3, 0.4) is 0 Å². The third-order valence-electron chi connectivity index (χ3n) is 6.43. The molecule has 186 valence electrons. The minimum atomic E-state index is -0.0953. The Bertz CT molecular complexity index is 1480. The second-order valence-corrected chi connectivity index (χ2v) is 11.4. The standard InChI is InChI=1S/C27H26ClN3O3S2/c1-16(2)30-13-12-21-23(14-30)36-25-24(21)26(33)31(19-8-10-20(34-3)11-9-19)27(29-25)35-15-22(32)17-4-6-18(28)7-5-17/h4-11,16H,12-15H2,1-3H3. The molecule has 0 fully saturated rings. The Labute approximate surface area is 222 Å². The van der Waals surface area contributed by atoms with Crippen molar-refractivity contribution in [3.63, 3.8) is 0 Å². The molecule has 9 heteroatoms. The van der Waals surface area contributed by atoms with Crippen LogP contribution in [0.4, 0.5) is 0 Å². The van der Waals surface area contributed by atoms with Crippen LogP contribution in [0.1, 0.15) is 34.6 Å². The molecule has 1 aliphatic rings. The average molecular weight is 540 g/mol. The van der Waals surface area contributed by atoms with Crippen molar-refractivity contribution in [2.75, 3.05) is 19.4 Å². The van der Waals surface area contributed by atoms with Gasteiger partial charge in [0.05, 0.1) is 23.9 Å². The number of benzene rings is 2. The van der Waals surface area contributed by atoms with Gasteiger partial charge in [-0.3, -0.25) is 19.1 Å². The molecular formula is C27H26ClN3O3S2. The zero-order valence-corrected chi connectivity index (χ0v) is 22.7. The number of halogens is 1. The fraction of sp³-hybridized carbons (Fsp3) is 0.296. The lowest BCUT2D eigenvalue weighted by molar-refractivity contribution is 0.102. The van der Waals surface area contributed by atoms with Gasteiger partial charge in [0.2, 0.25) is 0 Å². The number of Topliss-reactive ketones (excluding diaryl/α,β-unsaturated/α-hetero) is 1. The summed E-state index contributed by atoms with van der Waals surface area (Å²) in [5.74, 6) is 0.807. The predicted octanol–water partition coefficient (Wildman–Crippen LogP) is 5.85. The highest BCUT2D eigenvalue weighted by Crippen LogP contribution is 2.35. The molecule has 0 saturated carbocycles. The van der Waals surface area contributed by atoms with Gasteiger partial charge >= 0.3 is 0 Å². The quantitative estimate of drug-likeness (QED) is 0.167. The molecule has 0 atom stereocenters. The second kappa shape index (κ2) is 10.4. The van der Waals surface area contributed by atoms with E-state index in [-0.39, 0.29) is 17.1 Å². The molecule has 0 bridgehead atoms. The smallest absolute Gasteiger partial charge is 0.267 e. The van der Waals surface area contributed by atoms with Gasteiger partial charge in [-0.05, 0) is 74.4 Å². The number of nitrogens with zero attached hydrogens (tertiary/aromatic N) is 3. The molecule has 6 nitrogen and oxygen atoms in total. The highest BCUT2D eigenvalue weighted by Gasteiger charge is 2.27. The monoisotopic (exact) mass is 539 g/mol. The maximum atomic E-state index is 14.0. The van der Waals surface area contributed by atoms with Gasteiger partial charge in [0.15, 0.2) is 10.9 Å². The molecule has 36 heavy (non-hydrogen) atoms. The van der Waals surface area contributed by atoms with Gasteiger partial charge in [0, 0.05) is 34.6 Å². The van der Waals surface area contributed by atoms with Crippen LogP contribution in [0.2, 0.25) is 5.02 Å². The third-order valence-corrected chi connectivity index (χ3v) is 8.73. The Balaban J connectivity index is 1.58. The fourth-order valence-corrected chi connectivity index (χ4v) is 6.71. The summed E-state index contributed by atoms with van der Waals surface area (Å²) >= 11 is 8.83. The molecule has 0 N–H and O–H groups in total. The van der Waals surface area contributed by atoms with Crippen LogP contribution in [-0.2, 0) is 13.0 Å². The van der Waals surface area contributed by atoms with E-state index in [1.807, 2.05) is 24.3 Å². The molecule has 0 aliphatic carbocycles. The van der Waals surface area contributed by atoms with Crippen molar-refractivity contribution in [2.24, 2.45) is 0 Å². The van der Waals surface area contributed by atoms with E-state index in [9.17, 15) is 9.59 Å². The number of carbonyl (C=O) groups excluding carboxylic acids is 1. The van der Waals surface area contributed by atoms with Gasteiger partial charge in [-0.2, -0.15) is 0 Å². The van der Waals surface area contributed by atoms with E-state index in [0.717, 1.165) is 29.9 Å². The number of hydrogen-bond acceptors (Lipinski definition) is 7. The average Bonchev–Trinajstić information content (AvgIpc) is 3.25. The summed E-state index contributed by atoms with van der Waals surface area (Å²) in [4.78, 5) is 36.1. The molecule has 3 heterocycles. The van der Waals surface area contributed by atoms with E-state index in [2.05, 4.69) is 18.7 Å². The maximum Gasteiger partial charge on any atom is 0.267 e. The first-order chi connectivity index (χ1) is 17.4. The molecule has 5 rings (SSSR count). The maximum absolute atomic E-state index is 14.0. The molecule has 0 radical (unpaired) electrons. The summed E-state index contributed by atoms with van der Waals surface area (Å²) in [7, 11) is 1.61. The first kappa shape index (κ1) is 25.0. The number of thiophene rings is 1. The summed E-state index contributed by atoms with van der Waals surface area (Å²) in [5.41, 5.74) is 2.28. The third kappa shape index (κ3) is 4.83. The van der Waals surface area contributed by atoms with Gasteiger partial charge in [-0.1, -0.05) is 23.4 Å². The summed E-state index contributed by atoms with van der Waals surface area (Å²) in [6.07, 6.45) is 0.828. The number of methoxy groups -OCH3 is 1. The fourth-order valence-electron chi connectivity index (χ4n) is 4.39. The van der Waals surface area contributed by atoms with Crippen LogP contribution in [-0.4, -0.2) is 45.7 Å². The first-order valence-corrected chi connectivity index (χ1v) is 13.9. The normalized spacial score (nSPS) is 13.8. The van der Waals surface area contributed by atoms with Gasteiger partial charge in [-0.25, -0.2) is 4.98 Å². The summed E-state index contributed by atoms with van der Waals surface area (Å²) < 4.78 is 6.93. The Kier molecular flexibility index (Phi) is 7.21. The van der Waals surface area contributed by atoms with E-state index in [4.69, 9.17) is 21.3 Å². The number of aromatic nitrogens is 2. The largest absolute Gasteiger partial charge is 0.497 e. The van der Waals surface area contributed by atoms with Gasteiger partial charge < -0.3 is 4.74 Å². The number of rotatable bonds is 7. The zero-order chi connectivity index (χ0) is 25.4. The van der Waals surface area contributed by atoms with Crippen LogP contribution >= 0.6 is 34.7 Å². The van der Waals surface area contributed by atoms with Crippen molar-refractivity contribution in [1.29, 1.82) is 0 Å². The SMILES string of the molecule is COc1ccc(-n2c(SCC(=O)c3ccc(Cl)cc3)nc3sc4c(c3c2=O)CCN(C(C)C)C4)cc1. The van der Waals surface area contributed by atoms with E-state index in [1.54, 1.807) is 47.3 Å². The Morgan fingerprint density at radius 3 is 2.56 bits per heavy atom. The summed E-state index contributed by atoms with van der Waals surface area (Å²) in [6, 6.07) is 14.6. The van der Waals surface area contributed by atoms with Crippen LogP contribution in [0.15, 0.2) is 58.5 Å². The van der Waals surface area contributed by atoms with E-state index >= 15 is 0 Å². The molecule has 2 aromatic heterocycles. The van der Waals surface area contributed by atoms with Crippen molar-refractivity contribution in [1.82, 2.24) is 14.5 Å². The summed E-state index contributed by atoms with van der Waals surface area (Å²) in [5, 5.41) is 1.78. The second-order valence-electron chi connectivity index (χ2n) is 8.95. The molecule has 4 aromatic rings. The number of thioether (sulfide) groups is 1. The van der Waals surface area contributed by atoms with E-state index in [1.165, 1.54) is 16.6 Å². The molecular weight excluding hydrogens is 514 g/mol. The van der Waals surface area contributed by atoms with Gasteiger partial charge in [0.25, 0.3) is 5.56 Å². The number of fused-ring (bicyclic) bond motifs is 3. The van der Waals surface area contributed by atoms with Gasteiger partial charge in [-0.15, -0.1) is 11.3 Å². The van der Waals surface area contributed by atoms with Gasteiger partial charge in [0.1, 0.15) is 10.6 Å². The lowest BCUT2D eigenvalue weighted by Crippen LogP contribution is -2.35. The van der Waals surface area contributed by atoms with Crippen LogP contribution in [0, 0.1) is 0 Å². The minimum Gasteiger partial charge on any atom is -0.497 e. The molecule has 0 amide bonds. The molecule has 0 saturated heterocycles. The number of carbonyl (C=O) groups is 1. The van der Waals surface area contributed by atoms with Crippen molar-refractivity contribution < 1.29 is 9.53 Å². The topological polar surface area (TPSA) is 64.4 Å². The highest BCUT2D eigenvalue weighted by atomic mass is 35.5. The lowest BCUT2D eigenvalue weighted by Gasteiger charge is -2.30. The number of ketones is 1. The Morgan fingerprint density at radius 2 is 1.89 bits per heavy atom. The molecule has 0 spiro atoms. The number of ether oxygens (including phenoxy) is 1. The minimum absolute atomic E-state index is 0.0506. The first-order valence-electron chi connectivity index (χ1n) is 11.7. The van der Waals surface area contributed by atoms with E-state index < -0.39 is 0 Å².